The molecule has 144 valence electrons. The Kier molecular flexibility index (Phi) is 7.01. The first-order chi connectivity index (χ1) is 13.1. The van der Waals surface area contributed by atoms with Crippen molar-refractivity contribution < 1.29 is 14.3 Å². The molecule has 0 aromatic heterocycles. The predicted molar refractivity (Wildman–Crippen MR) is 110 cm³/mol. The summed E-state index contributed by atoms with van der Waals surface area (Å²) in [6.07, 6.45) is 4.40. The molecule has 2 aromatic rings. The van der Waals surface area contributed by atoms with Gasteiger partial charge in [0, 0.05) is 30.8 Å². The molecule has 2 amide bonds. The van der Waals surface area contributed by atoms with Crippen LogP contribution in [0.2, 0.25) is 0 Å². The summed E-state index contributed by atoms with van der Waals surface area (Å²) in [5.74, 6) is 0.783. The zero-order valence-corrected chi connectivity index (χ0v) is 16.6. The Balaban J connectivity index is 1.48. The van der Waals surface area contributed by atoms with E-state index in [-0.39, 0.29) is 12.1 Å². The number of thioether (sulfide) groups is 1. The smallest absolute Gasteiger partial charge is 0.321 e. The van der Waals surface area contributed by atoms with Crippen LogP contribution in [-0.2, 0) is 11.3 Å². The highest BCUT2D eigenvalue weighted by Crippen LogP contribution is 2.20. The normalized spacial score (nSPS) is 16.1. The number of hydrogen-bond acceptors (Lipinski definition) is 4. The van der Waals surface area contributed by atoms with Gasteiger partial charge in [-0.15, -0.1) is 11.8 Å². The first-order valence-corrected chi connectivity index (χ1v) is 10.4. The fourth-order valence-corrected chi connectivity index (χ4v) is 3.42. The Morgan fingerprint density at radius 3 is 2.81 bits per heavy atom. The SMILES string of the molecule is CSc1cccc(CN(C)C(=O)Nc2ccc(OCC3CCCO3)cc2)c1. The Morgan fingerprint density at radius 2 is 2.11 bits per heavy atom. The molecule has 27 heavy (non-hydrogen) atoms. The summed E-state index contributed by atoms with van der Waals surface area (Å²) in [6, 6.07) is 15.5. The Bertz CT molecular complexity index is 745. The van der Waals surface area contributed by atoms with Crippen molar-refractivity contribution in [2.75, 3.05) is 31.8 Å². The molecule has 6 heteroatoms. The third-order valence-electron chi connectivity index (χ3n) is 4.47. The van der Waals surface area contributed by atoms with Gasteiger partial charge < -0.3 is 19.7 Å². The monoisotopic (exact) mass is 386 g/mol. The van der Waals surface area contributed by atoms with E-state index in [9.17, 15) is 4.79 Å². The first-order valence-electron chi connectivity index (χ1n) is 9.13. The average molecular weight is 387 g/mol. The predicted octanol–water partition coefficient (Wildman–Crippen LogP) is 4.63. The second-order valence-corrected chi connectivity index (χ2v) is 7.49. The van der Waals surface area contributed by atoms with Crippen LogP contribution in [0.4, 0.5) is 10.5 Å². The van der Waals surface area contributed by atoms with Crippen LogP contribution in [0.1, 0.15) is 18.4 Å². The second kappa shape index (κ2) is 9.67. The van der Waals surface area contributed by atoms with Crippen molar-refractivity contribution in [2.24, 2.45) is 0 Å². The first kappa shape index (κ1) is 19.6. The highest BCUT2D eigenvalue weighted by molar-refractivity contribution is 7.98. The third kappa shape index (κ3) is 5.91. The van der Waals surface area contributed by atoms with Crippen LogP contribution in [0, 0.1) is 0 Å². The maximum atomic E-state index is 12.4. The van der Waals surface area contributed by atoms with Crippen LogP contribution in [0.25, 0.3) is 0 Å². The number of nitrogens with zero attached hydrogens (tertiary/aromatic N) is 1. The summed E-state index contributed by atoms with van der Waals surface area (Å²) in [7, 11) is 1.79. The molecule has 1 heterocycles. The zero-order valence-electron chi connectivity index (χ0n) is 15.8. The molecule has 0 spiro atoms. The lowest BCUT2D eigenvalue weighted by molar-refractivity contribution is 0.0679. The second-order valence-electron chi connectivity index (χ2n) is 6.61. The summed E-state index contributed by atoms with van der Waals surface area (Å²) >= 11 is 1.70. The van der Waals surface area contributed by atoms with Gasteiger partial charge in [0.25, 0.3) is 0 Å². The van der Waals surface area contributed by atoms with Gasteiger partial charge in [-0.1, -0.05) is 12.1 Å². The van der Waals surface area contributed by atoms with E-state index in [0.717, 1.165) is 36.4 Å². The minimum atomic E-state index is -0.141. The average Bonchev–Trinajstić information content (AvgIpc) is 3.21. The van der Waals surface area contributed by atoms with Gasteiger partial charge in [0.2, 0.25) is 0 Å². The van der Waals surface area contributed by atoms with Crippen molar-refractivity contribution in [1.82, 2.24) is 4.90 Å². The topological polar surface area (TPSA) is 50.8 Å². The van der Waals surface area contributed by atoms with E-state index in [4.69, 9.17) is 9.47 Å². The van der Waals surface area contributed by atoms with Crippen molar-refractivity contribution in [3.8, 4) is 5.75 Å². The molecular weight excluding hydrogens is 360 g/mol. The molecule has 0 saturated carbocycles. The number of carbonyl (C=O) groups is 1. The van der Waals surface area contributed by atoms with E-state index in [0.29, 0.717) is 13.2 Å². The Morgan fingerprint density at radius 1 is 1.30 bits per heavy atom. The van der Waals surface area contributed by atoms with Crippen molar-refractivity contribution >= 4 is 23.5 Å². The molecule has 0 aliphatic carbocycles. The number of rotatable bonds is 7. The van der Waals surface area contributed by atoms with Gasteiger partial charge in [-0.2, -0.15) is 0 Å². The number of benzene rings is 2. The van der Waals surface area contributed by atoms with Gasteiger partial charge in [-0.25, -0.2) is 4.79 Å². The van der Waals surface area contributed by atoms with Gasteiger partial charge in [0.15, 0.2) is 0 Å². The van der Waals surface area contributed by atoms with Gasteiger partial charge in [-0.3, -0.25) is 0 Å². The minimum absolute atomic E-state index is 0.141. The van der Waals surface area contributed by atoms with Crippen molar-refractivity contribution in [3.05, 3.63) is 54.1 Å². The van der Waals surface area contributed by atoms with Crippen molar-refractivity contribution in [1.29, 1.82) is 0 Å². The lowest BCUT2D eigenvalue weighted by atomic mass is 10.2. The molecular formula is C21H26N2O3S. The van der Waals surface area contributed by atoms with E-state index in [1.54, 1.807) is 23.7 Å². The van der Waals surface area contributed by atoms with Gasteiger partial charge in [0.1, 0.15) is 12.4 Å². The van der Waals surface area contributed by atoms with Crippen LogP contribution in [0.5, 0.6) is 5.75 Å². The number of nitrogens with one attached hydrogen (secondary N) is 1. The molecule has 0 radical (unpaired) electrons. The van der Waals surface area contributed by atoms with E-state index < -0.39 is 0 Å². The molecule has 1 fully saturated rings. The van der Waals surface area contributed by atoms with Gasteiger partial charge in [-0.05, 0) is 61.1 Å². The summed E-state index contributed by atoms with van der Waals surface area (Å²) in [5.41, 5.74) is 1.85. The molecule has 1 atom stereocenters. The van der Waals surface area contributed by atoms with E-state index in [1.165, 1.54) is 4.90 Å². The number of carbonyl (C=O) groups excluding carboxylic acids is 1. The van der Waals surface area contributed by atoms with Crippen LogP contribution < -0.4 is 10.1 Å². The van der Waals surface area contributed by atoms with Crippen LogP contribution in [0.15, 0.2) is 53.4 Å². The van der Waals surface area contributed by atoms with Gasteiger partial charge in [0.05, 0.1) is 6.10 Å². The molecule has 5 nitrogen and oxygen atoms in total. The standard InChI is InChI=1S/C21H26N2O3S/c1-23(14-16-5-3-7-20(13-16)27-2)21(24)22-17-8-10-18(11-9-17)26-15-19-6-4-12-25-19/h3,5,7-11,13,19H,4,6,12,14-15H2,1-2H3,(H,22,24). The number of ether oxygens (including phenoxy) is 2. The lowest BCUT2D eigenvalue weighted by Gasteiger charge is -2.18. The molecule has 1 aliphatic rings. The number of urea groups is 1. The molecule has 1 saturated heterocycles. The summed E-state index contributed by atoms with van der Waals surface area (Å²) in [4.78, 5) is 15.3. The summed E-state index contributed by atoms with van der Waals surface area (Å²) in [5, 5.41) is 2.92. The fourth-order valence-electron chi connectivity index (χ4n) is 2.93. The highest BCUT2D eigenvalue weighted by atomic mass is 32.2. The molecule has 1 aliphatic heterocycles. The number of amides is 2. The minimum Gasteiger partial charge on any atom is -0.491 e. The molecule has 3 rings (SSSR count). The van der Waals surface area contributed by atoms with Crippen molar-refractivity contribution in [3.63, 3.8) is 0 Å². The zero-order chi connectivity index (χ0) is 19.1. The number of anilines is 1. The van der Waals surface area contributed by atoms with E-state index in [1.807, 2.05) is 42.7 Å². The lowest BCUT2D eigenvalue weighted by Crippen LogP contribution is -2.30. The maximum Gasteiger partial charge on any atom is 0.321 e. The molecule has 2 aromatic carbocycles. The Labute approximate surface area is 165 Å². The maximum absolute atomic E-state index is 12.4. The van der Waals surface area contributed by atoms with E-state index >= 15 is 0 Å². The van der Waals surface area contributed by atoms with Crippen LogP contribution >= 0.6 is 11.8 Å². The third-order valence-corrected chi connectivity index (χ3v) is 5.19. The summed E-state index contributed by atoms with van der Waals surface area (Å²) < 4.78 is 11.3. The summed E-state index contributed by atoms with van der Waals surface area (Å²) in [6.45, 7) is 1.96. The molecule has 0 bridgehead atoms. The quantitative estimate of drug-likeness (QED) is 0.705. The van der Waals surface area contributed by atoms with Gasteiger partial charge >= 0.3 is 6.03 Å². The van der Waals surface area contributed by atoms with Crippen LogP contribution in [0.3, 0.4) is 0 Å². The number of hydrogen-bond donors (Lipinski definition) is 1. The van der Waals surface area contributed by atoms with E-state index in [2.05, 4.69) is 17.4 Å². The highest BCUT2D eigenvalue weighted by Gasteiger charge is 2.16. The van der Waals surface area contributed by atoms with Crippen molar-refractivity contribution in [2.45, 2.75) is 30.4 Å². The molecule has 1 unspecified atom stereocenters. The van der Waals surface area contributed by atoms with Crippen LogP contribution in [-0.4, -0.2) is 43.6 Å². The molecule has 1 N–H and O–H groups in total. The largest absolute Gasteiger partial charge is 0.491 e. The fraction of sp³-hybridized carbons (Fsp3) is 0.381. The Hall–Kier alpha value is -2.18.